The molecular weight excluding hydrogens is 328 g/mol. The summed E-state index contributed by atoms with van der Waals surface area (Å²) < 4.78 is 10.7. The number of benzene rings is 2. The zero-order chi connectivity index (χ0) is 17.9. The van der Waals surface area contributed by atoms with Gasteiger partial charge in [-0.1, -0.05) is 25.1 Å². The molecule has 136 valence electrons. The number of ether oxygens (including phenoxy) is 2. The molecule has 0 aliphatic carbocycles. The first-order chi connectivity index (χ1) is 12.7. The number of carbonyl (C=O) groups is 1. The van der Waals surface area contributed by atoms with Crippen molar-refractivity contribution in [3.05, 3.63) is 53.6 Å². The molecule has 2 heterocycles. The SMILES string of the molecule is CC1CCCN(Cc2ccc(NC(=O)c3cccc4c3OCO4)cc2)C1. The molecule has 4 rings (SSSR count). The van der Waals surface area contributed by atoms with Gasteiger partial charge < -0.3 is 14.8 Å². The van der Waals surface area contributed by atoms with E-state index in [0.29, 0.717) is 17.1 Å². The number of nitrogens with zero attached hydrogens (tertiary/aromatic N) is 1. The van der Waals surface area contributed by atoms with Gasteiger partial charge in [0.2, 0.25) is 6.79 Å². The molecule has 5 heteroatoms. The van der Waals surface area contributed by atoms with E-state index in [2.05, 4.69) is 29.3 Å². The Morgan fingerprint density at radius 1 is 1.19 bits per heavy atom. The van der Waals surface area contributed by atoms with Crippen molar-refractivity contribution in [2.75, 3.05) is 25.2 Å². The maximum Gasteiger partial charge on any atom is 0.259 e. The Hall–Kier alpha value is -2.53. The van der Waals surface area contributed by atoms with E-state index >= 15 is 0 Å². The van der Waals surface area contributed by atoms with Crippen LogP contribution in [0.1, 0.15) is 35.7 Å². The molecule has 2 aliphatic rings. The van der Waals surface area contributed by atoms with E-state index in [4.69, 9.17) is 9.47 Å². The summed E-state index contributed by atoms with van der Waals surface area (Å²) in [7, 11) is 0. The van der Waals surface area contributed by atoms with Gasteiger partial charge in [0.25, 0.3) is 5.91 Å². The molecule has 0 radical (unpaired) electrons. The molecule has 0 aromatic heterocycles. The molecule has 1 fully saturated rings. The monoisotopic (exact) mass is 352 g/mol. The number of carbonyl (C=O) groups excluding carboxylic acids is 1. The summed E-state index contributed by atoms with van der Waals surface area (Å²) in [6, 6.07) is 13.4. The molecule has 1 amide bonds. The van der Waals surface area contributed by atoms with E-state index in [-0.39, 0.29) is 12.7 Å². The van der Waals surface area contributed by atoms with Crippen molar-refractivity contribution in [1.29, 1.82) is 0 Å². The third-order valence-electron chi connectivity index (χ3n) is 5.00. The fourth-order valence-corrected chi connectivity index (χ4v) is 3.69. The van der Waals surface area contributed by atoms with Crippen LogP contribution in [0.15, 0.2) is 42.5 Å². The maximum atomic E-state index is 12.6. The van der Waals surface area contributed by atoms with Crippen LogP contribution in [-0.4, -0.2) is 30.7 Å². The maximum absolute atomic E-state index is 12.6. The van der Waals surface area contributed by atoms with Crippen LogP contribution in [0.25, 0.3) is 0 Å². The van der Waals surface area contributed by atoms with Crippen molar-refractivity contribution in [2.24, 2.45) is 5.92 Å². The minimum absolute atomic E-state index is 0.156. The molecule has 1 saturated heterocycles. The number of likely N-dealkylation sites (tertiary alicyclic amines) is 1. The van der Waals surface area contributed by atoms with Crippen molar-refractivity contribution >= 4 is 11.6 Å². The first-order valence-corrected chi connectivity index (χ1v) is 9.20. The highest BCUT2D eigenvalue weighted by Crippen LogP contribution is 2.35. The van der Waals surface area contributed by atoms with Gasteiger partial charge in [-0.25, -0.2) is 0 Å². The largest absolute Gasteiger partial charge is 0.454 e. The van der Waals surface area contributed by atoms with Gasteiger partial charge in [-0.05, 0) is 55.1 Å². The fraction of sp³-hybridized carbons (Fsp3) is 0.381. The molecule has 2 aliphatic heterocycles. The molecule has 5 nitrogen and oxygen atoms in total. The number of piperidine rings is 1. The summed E-state index contributed by atoms with van der Waals surface area (Å²) in [5, 5.41) is 2.94. The van der Waals surface area contributed by atoms with Gasteiger partial charge in [0.1, 0.15) is 0 Å². The lowest BCUT2D eigenvalue weighted by molar-refractivity contribution is 0.102. The Morgan fingerprint density at radius 2 is 2.04 bits per heavy atom. The standard InChI is InChI=1S/C21H24N2O3/c1-15-4-3-11-23(12-15)13-16-7-9-17(10-8-16)22-21(24)18-5-2-6-19-20(18)26-14-25-19/h2,5-10,15H,3-4,11-14H2,1H3,(H,22,24). The Morgan fingerprint density at radius 3 is 2.85 bits per heavy atom. The molecule has 2 aromatic carbocycles. The number of rotatable bonds is 4. The second-order valence-electron chi connectivity index (χ2n) is 7.17. The number of para-hydroxylation sites is 1. The van der Waals surface area contributed by atoms with Gasteiger partial charge in [0.15, 0.2) is 11.5 Å². The number of hydrogen-bond donors (Lipinski definition) is 1. The Balaban J connectivity index is 1.40. The van der Waals surface area contributed by atoms with Crippen LogP contribution in [0.2, 0.25) is 0 Å². The molecule has 1 atom stereocenters. The van der Waals surface area contributed by atoms with Gasteiger partial charge in [-0.15, -0.1) is 0 Å². The van der Waals surface area contributed by atoms with Crippen LogP contribution in [0.5, 0.6) is 11.5 Å². The molecule has 0 saturated carbocycles. The van der Waals surface area contributed by atoms with Crippen molar-refractivity contribution < 1.29 is 14.3 Å². The summed E-state index contributed by atoms with van der Waals surface area (Å²) in [6.45, 7) is 5.78. The number of hydrogen-bond acceptors (Lipinski definition) is 4. The summed E-state index contributed by atoms with van der Waals surface area (Å²) >= 11 is 0. The lowest BCUT2D eigenvalue weighted by Crippen LogP contribution is -2.33. The average Bonchev–Trinajstić information content (AvgIpc) is 3.12. The van der Waals surface area contributed by atoms with Crippen LogP contribution in [0.4, 0.5) is 5.69 Å². The minimum Gasteiger partial charge on any atom is -0.454 e. The fourth-order valence-electron chi connectivity index (χ4n) is 3.69. The molecule has 1 unspecified atom stereocenters. The van der Waals surface area contributed by atoms with Gasteiger partial charge in [0, 0.05) is 18.8 Å². The van der Waals surface area contributed by atoms with Crippen molar-refractivity contribution in [2.45, 2.75) is 26.3 Å². The lowest BCUT2D eigenvalue weighted by atomic mass is 10.00. The van der Waals surface area contributed by atoms with Crippen LogP contribution >= 0.6 is 0 Å². The van der Waals surface area contributed by atoms with Crippen LogP contribution < -0.4 is 14.8 Å². The lowest BCUT2D eigenvalue weighted by Gasteiger charge is -2.30. The van der Waals surface area contributed by atoms with E-state index in [1.54, 1.807) is 18.2 Å². The van der Waals surface area contributed by atoms with Crippen LogP contribution in [-0.2, 0) is 6.54 Å². The molecule has 1 N–H and O–H groups in total. The number of amides is 1. The Kier molecular flexibility index (Phi) is 4.80. The highest BCUT2D eigenvalue weighted by Gasteiger charge is 2.22. The highest BCUT2D eigenvalue weighted by molar-refractivity contribution is 6.06. The van der Waals surface area contributed by atoms with Crippen molar-refractivity contribution in [3.63, 3.8) is 0 Å². The third-order valence-corrected chi connectivity index (χ3v) is 5.00. The van der Waals surface area contributed by atoms with Crippen molar-refractivity contribution in [1.82, 2.24) is 4.90 Å². The van der Waals surface area contributed by atoms with Gasteiger partial charge in [-0.2, -0.15) is 0 Å². The Bertz CT molecular complexity index is 788. The van der Waals surface area contributed by atoms with Crippen molar-refractivity contribution in [3.8, 4) is 11.5 Å². The minimum atomic E-state index is -0.190. The Labute approximate surface area is 153 Å². The molecule has 0 spiro atoms. The quantitative estimate of drug-likeness (QED) is 0.907. The normalized spacial score (nSPS) is 19.3. The zero-order valence-electron chi connectivity index (χ0n) is 15.0. The predicted molar refractivity (Wildman–Crippen MR) is 101 cm³/mol. The van der Waals surface area contributed by atoms with Crippen LogP contribution in [0, 0.1) is 5.92 Å². The smallest absolute Gasteiger partial charge is 0.259 e. The molecule has 2 aromatic rings. The highest BCUT2D eigenvalue weighted by atomic mass is 16.7. The topological polar surface area (TPSA) is 50.8 Å². The number of anilines is 1. The van der Waals surface area contributed by atoms with E-state index < -0.39 is 0 Å². The second-order valence-corrected chi connectivity index (χ2v) is 7.17. The molecule has 26 heavy (non-hydrogen) atoms. The molecule has 0 bridgehead atoms. The van der Waals surface area contributed by atoms with Gasteiger partial charge in [0.05, 0.1) is 5.56 Å². The summed E-state index contributed by atoms with van der Waals surface area (Å²) in [4.78, 5) is 15.1. The first-order valence-electron chi connectivity index (χ1n) is 9.20. The van der Waals surface area contributed by atoms with Gasteiger partial charge in [-0.3, -0.25) is 9.69 Å². The number of fused-ring (bicyclic) bond motifs is 1. The van der Waals surface area contributed by atoms with E-state index in [9.17, 15) is 4.79 Å². The summed E-state index contributed by atoms with van der Waals surface area (Å²) in [6.07, 6.45) is 2.61. The second kappa shape index (κ2) is 7.38. The van der Waals surface area contributed by atoms with Gasteiger partial charge >= 0.3 is 0 Å². The van der Waals surface area contributed by atoms with E-state index in [1.807, 2.05) is 12.1 Å². The first kappa shape index (κ1) is 16.9. The van der Waals surface area contributed by atoms with Crippen LogP contribution in [0.3, 0.4) is 0 Å². The third kappa shape index (κ3) is 3.68. The van der Waals surface area contributed by atoms with E-state index in [1.165, 1.54) is 31.5 Å². The molecular formula is C21H24N2O3. The zero-order valence-corrected chi connectivity index (χ0v) is 15.0. The van der Waals surface area contributed by atoms with E-state index in [0.717, 1.165) is 18.2 Å². The summed E-state index contributed by atoms with van der Waals surface area (Å²) in [5.41, 5.74) is 2.54. The average molecular weight is 352 g/mol. The summed E-state index contributed by atoms with van der Waals surface area (Å²) in [5.74, 6) is 1.72. The number of nitrogens with one attached hydrogen (secondary N) is 1. The predicted octanol–water partition coefficient (Wildman–Crippen LogP) is 3.90.